The normalized spacial score (nSPS) is 32.4. The van der Waals surface area contributed by atoms with E-state index in [0.29, 0.717) is 0 Å². The summed E-state index contributed by atoms with van der Waals surface area (Å²) in [6, 6.07) is -0.738. The molecular weight excluding hydrogens is 888 g/mol. The van der Waals surface area contributed by atoms with Crippen LogP contribution in [-0.2, 0) is 35.1 Å². The van der Waals surface area contributed by atoms with Crippen molar-refractivity contribution in [1.29, 1.82) is 0 Å². The summed E-state index contributed by atoms with van der Waals surface area (Å²) in [6.07, 6.45) is -1.62. The number of aromatic amines is 1. The number of hydrogen-bond acceptors (Lipinski definition) is 15. The van der Waals surface area contributed by atoms with Gasteiger partial charge in [0.1, 0.15) is 47.4 Å². The van der Waals surface area contributed by atoms with Crippen LogP contribution in [-0.4, -0.2) is 105 Å². The number of nitrogens with two attached hydrogens (primary N) is 1. The van der Waals surface area contributed by atoms with Gasteiger partial charge in [-0.25, -0.2) is 19.1 Å². The lowest BCUT2D eigenvalue weighted by atomic mass is 10.1. The fourth-order valence-corrected chi connectivity index (χ4v) is 8.75. The molecule has 1 amide bonds. The van der Waals surface area contributed by atoms with Crippen molar-refractivity contribution in [3.63, 3.8) is 0 Å². The summed E-state index contributed by atoms with van der Waals surface area (Å²) in [6.45, 7) is -1.49. The molecule has 10 atom stereocenters. The van der Waals surface area contributed by atoms with E-state index < -0.39 is 89.0 Å². The van der Waals surface area contributed by atoms with Crippen molar-refractivity contribution < 1.29 is 60.2 Å². The van der Waals surface area contributed by atoms with Crippen LogP contribution in [0.3, 0.4) is 0 Å². The highest BCUT2D eigenvalue weighted by Gasteiger charge is 2.49. The monoisotopic (exact) mass is 916 g/mol. The molecule has 2 aliphatic heterocycles. The number of halogens is 2. The molecule has 8 N–H and O–H groups in total. The number of imidazole rings is 1. The van der Waals surface area contributed by atoms with Crippen molar-refractivity contribution >= 4 is 78.3 Å². The molecule has 10 unspecified atom stereocenters. The predicted octanol–water partition coefficient (Wildman–Crippen LogP) is -0.333. The maximum atomic E-state index is 12.6. The molecule has 0 spiro atoms. The minimum Gasteiger partial charge on any atom is -0.390 e. The van der Waals surface area contributed by atoms with Crippen LogP contribution in [0.15, 0.2) is 35.2 Å². The molecule has 2 aromatic rings. The molecule has 254 valence electrons. The fraction of sp³-hybridized carbons (Fsp3) is 0.545. The molecule has 0 bridgehead atoms. The van der Waals surface area contributed by atoms with E-state index in [1.165, 1.54) is 38.7 Å². The number of amides is 1. The van der Waals surface area contributed by atoms with Gasteiger partial charge in [-0.3, -0.25) is 23.2 Å². The molecular formula is C22H28I2N6O14P2. The molecule has 5 rings (SSSR count). The van der Waals surface area contributed by atoms with Gasteiger partial charge in [0, 0.05) is 46.5 Å². The van der Waals surface area contributed by atoms with E-state index in [1.807, 2.05) is 22.6 Å². The largest absolute Gasteiger partial charge is 0.481 e. The summed E-state index contributed by atoms with van der Waals surface area (Å²) in [4.78, 5) is 56.1. The summed E-state index contributed by atoms with van der Waals surface area (Å²) < 4.78 is 52.0. The Balaban J connectivity index is 1.18. The Labute approximate surface area is 286 Å². The molecule has 4 heterocycles. The maximum absolute atomic E-state index is 12.6. The van der Waals surface area contributed by atoms with Crippen LogP contribution in [0.4, 0.5) is 0 Å². The molecule has 0 aromatic carbocycles. The van der Waals surface area contributed by atoms with Gasteiger partial charge in [0.2, 0.25) is 5.91 Å². The Morgan fingerprint density at radius 1 is 1.15 bits per heavy atom. The van der Waals surface area contributed by atoms with Crippen LogP contribution < -0.4 is 11.3 Å². The van der Waals surface area contributed by atoms with Gasteiger partial charge in [-0.2, -0.15) is 4.31 Å². The number of fused-ring (bicyclic) bond motifs is 1. The number of nitrogens with zero attached hydrogens (tertiary/aromatic N) is 4. The maximum Gasteiger partial charge on any atom is 0.481 e. The summed E-state index contributed by atoms with van der Waals surface area (Å²) in [5.74, 6) is -1.57. The van der Waals surface area contributed by atoms with Gasteiger partial charge >= 0.3 is 15.6 Å². The SMILES string of the molecule is NC(=O)C1=CN(C2CC(COP(=O)(O)OP(=O)(O)OCC3OC(n4c(I)nc5c(=O)[nH]cnc54)C(OI)C3O)C(O)C2O)C=CC1. The molecule has 2 fully saturated rings. The highest BCUT2D eigenvalue weighted by molar-refractivity contribution is 14.1. The Bertz CT molecular complexity index is 1690. The Morgan fingerprint density at radius 2 is 1.85 bits per heavy atom. The number of hydrogen-bond donors (Lipinski definition) is 7. The number of primary amides is 1. The van der Waals surface area contributed by atoms with Gasteiger partial charge in [0.25, 0.3) is 5.56 Å². The van der Waals surface area contributed by atoms with E-state index in [9.17, 15) is 43.8 Å². The molecule has 1 saturated carbocycles. The summed E-state index contributed by atoms with van der Waals surface area (Å²) in [5, 5.41) is 31.9. The molecule has 46 heavy (non-hydrogen) atoms. The van der Waals surface area contributed by atoms with Crippen LogP contribution in [0.1, 0.15) is 19.1 Å². The summed E-state index contributed by atoms with van der Waals surface area (Å²) in [5.41, 5.74) is 5.20. The fourth-order valence-electron chi connectivity index (χ4n) is 5.32. The molecule has 3 aliphatic rings. The van der Waals surface area contributed by atoms with Crippen molar-refractivity contribution in [3.8, 4) is 0 Å². The highest BCUT2D eigenvalue weighted by Crippen LogP contribution is 2.61. The first-order chi connectivity index (χ1) is 21.6. The van der Waals surface area contributed by atoms with E-state index in [0.717, 1.165) is 6.33 Å². The molecule has 0 radical (unpaired) electrons. The first-order valence-electron chi connectivity index (χ1n) is 13.3. The van der Waals surface area contributed by atoms with Crippen molar-refractivity contribution in [2.75, 3.05) is 13.2 Å². The lowest BCUT2D eigenvalue weighted by Gasteiger charge is -2.29. The number of allylic oxidation sites excluding steroid dienone is 1. The van der Waals surface area contributed by atoms with Gasteiger partial charge in [0.05, 0.1) is 31.7 Å². The number of phosphoric acid groups is 2. The summed E-state index contributed by atoms with van der Waals surface area (Å²) in [7, 11) is -10.6. The van der Waals surface area contributed by atoms with Crippen molar-refractivity contribution in [2.24, 2.45) is 11.7 Å². The third kappa shape index (κ3) is 7.59. The van der Waals surface area contributed by atoms with Crippen molar-refractivity contribution in [2.45, 2.75) is 55.6 Å². The van der Waals surface area contributed by atoms with Crippen LogP contribution >= 0.6 is 61.2 Å². The van der Waals surface area contributed by atoms with E-state index in [4.69, 9.17) is 22.6 Å². The number of carbonyl (C=O) groups excluding carboxylic acids is 1. The molecule has 1 aliphatic carbocycles. The standard InChI is InChI=1S/C22H28I2N6O14P2/c23-22-28-13-19(26-8-27-20(13)35)30(22)21-17(43-24)16(33)12(42-21)7-41-46(38,39)44-45(36,37)40-6-10-4-11(15(32)14(10)31)29-3-1-2-9(5-29)18(25)34/h1,3,5,8,10-12,14-17,21,31-33H,2,4,6-7H2,(H2,25,34)(H,36,37)(H,38,39)(H,26,27,35). The lowest BCUT2D eigenvalue weighted by molar-refractivity contribution is -0.114. The first-order valence-corrected chi connectivity index (χ1v) is 18.3. The second kappa shape index (κ2) is 14.2. The third-order valence-electron chi connectivity index (χ3n) is 7.56. The first kappa shape index (κ1) is 35.9. The average Bonchev–Trinajstić information content (AvgIpc) is 3.60. The van der Waals surface area contributed by atoms with Crippen molar-refractivity contribution in [3.05, 3.63) is 44.6 Å². The smallest absolute Gasteiger partial charge is 0.390 e. The average molecular weight is 916 g/mol. The quantitative estimate of drug-likeness (QED) is 0.0815. The zero-order chi connectivity index (χ0) is 33.6. The number of carbonyl (C=O) groups is 1. The zero-order valence-corrected chi connectivity index (χ0v) is 29.3. The number of rotatable bonds is 12. The number of phosphoric ester groups is 2. The minimum atomic E-state index is -5.33. The van der Waals surface area contributed by atoms with Gasteiger partial charge in [-0.05, 0) is 12.8 Å². The molecule has 20 nitrogen and oxygen atoms in total. The second-order valence-corrected chi connectivity index (χ2v) is 15.0. The number of nitrogens with one attached hydrogen (secondary N) is 1. The zero-order valence-electron chi connectivity index (χ0n) is 23.2. The Kier molecular flexibility index (Phi) is 11.1. The van der Waals surface area contributed by atoms with Crippen LogP contribution in [0.25, 0.3) is 11.2 Å². The van der Waals surface area contributed by atoms with Crippen LogP contribution in [0, 0.1) is 9.75 Å². The minimum absolute atomic E-state index is 0.00333. The van der Waals surface area contributed by atoms with Gasteiger partial charge in [0.15, 0.2) is 21.2 Å². The van der Waals surface area contributed by atoms with E-state index in [-0.39, 0.29) is 33.4 Å². The second-order valence-electron chi connectivity index (χ2n) is 10.5. The van der Waals surface area contributed by atoms with Crippen LogP contribution in [0.2, 0.25) is 0 Å². The molecule has 1 saturated heterocycles. The molecule has 2 aromatic heterocycles. The Hall–Kier alpha value is -1.38. The number of aromatic nitrogens is 4. The topological polar surface area (TPSA) is 291 Å². The number of aliphatic hydroxyl groups is 3. The number of aliphatic hydroxyl groups excluding tert-OH is 3. The Morgan fingerprint density at radius 3 is 2.52 bits per heavy atom. The van der Waals surface area contributed by atoms with Crippen LogP contribution in [0.5, 0.6) is 0 Å². The predicted molar refractivity (Wildman–Crippen MR) is 169 cm³/mol. The summed E-state index contributed by atoms with van der Waals surface area (Å²) >= 11 is 3.35. The van der Waals surface area contributed by atoms with E-state index >= 15 is 0 Å². The number of ether oxygens (including phenoxy) is 1. The highest BCUT2D eigenvalue weighted by atomic mass is 127. The van der Waals surface area contributed by atoms with E-state index in [2.05, 4.69) is 19.3 Å². The number of H-pyrrole nitrogens is 1. The van der Waals surface area contributed by atoms with Gasteiger partial charge in [-0.1, -0.05) is 6.08 Å². The van der Waals surface area contributed by atoms with E-state index in [1.54, 1.807) is 12.3 Å². The lowest BCUT2D eigenvalue weighted by Crippen LogP contribution is -2.39. The van der Waals surface area contributed by atoms with Gasteiger partial charge < -0.3 is 48.5 Å². The molecule has 24 heteroatoms. The van der Waals surface area contributed by atoms with Crippen molar-refractivity contribution in [1.82, 2.24) is 24.4 Å². The third-order valence-corrected chi connectivity index (χ3v) is 11.5. The van der Waals surface area contributed by atoms with Gasteiger partial charge in [-0.15, -0.1) is 0 Å².